The van der Waals surface area contributed by atoms with Crippen LogP contribution in [0.5, 0.6) is 0 Å². The third-order valence-corrected chi connectivity index (χ3v) is 4.46. The summed E-state index contributed by atoms with van der Waals surface area (Å²) in [6.45, 7) is 0. The van der Waals surface area contributed by atoms with Gasteiger partial charge in [0.25, 0.3) is 0 Å². The van der Waals surface area contributed by atoms with E-state index in [9.17, 15) is 4.39 Å². The summed E-state index contributed by atoms with van der Waals surface area (Å²) in [5.74, 6) is 0.560. The Balaban J connectivity index is 2.21. The van der Waals surface area contributed by atoms with Crippen molar-refractivity contribution in [2.24, 2.45) is 0 Å². The predicted molar refractivity (Wildman–Crippen MR) is 92.2 cm³/mol. The van der Waals surface area contributed by atoms with Crippen LogP contribution in [-0.4, -0.2) is 5.16 Å². The van der Waals surface area contributed by atoms with Crippen LogP contribution in [0.1, 0.15) is 0 Å². The van der Waals surface area contributed by atoms with Crippen LogP contribution in [0.3, 0.4) is 0 Å². The van der Waals surface area contributed by atoms with Crippen LogP contribution in [-0.2, 0) is 0 Å². The summed E-state index contributed by atoms with van der Waals surface area (Å²) in [6, 6.07) is 11.9. The van der Waals surface area contributed by atoms with Crippen molar-refractivity contribution in [1.29, 1.82) is 0 Å². The minimum absolute atomic E-state index is 0.285. The van der Waals surface area contributed by atoms with E-state index in [0.717, 1.165) is 19.2 Å². The Morgan fingerprint density at radius 1 is 1.14 bits per heavy atom. The molecule has 2 N–H and O–H groups in total. The zero-order valence-electron chi connectivity index (χ0n) is 10.6. The number of halogens is 3. The van der Waals surface area contributed by atoms with E-state index in [2.05, 4.69) is 43.7 Å². The number of aromatic nitrogens is 1. The van der Waals surface area contributed by atoms with E-state index in [1.165, 1.54) is 12.1 Å². The molecule has 0 unspecified atom stereocenters. The molecule has 0 saturated heterocycles. The molecule has 0 saturated carbocycles. The molecule has 3 nitrogen and oxygen atoms in total. The highest BCUT2D eigenvalue weighted by Crippen LogP contribution is 2.39. The normalized spacial score (nSPS) is 10.8. The molecule has 0 aliphatic rings. The lowest BCUT2D eigenvalue weighted by molar-refractivity contribution is 0.436. The van der Waals surface area contributed by atoms with Gasteiger partial charge in [-0.15, -0.1) is 0 Å². The molecule has 0 atom stereocenters. The van der Waals surface area contributed by atoms with Gasteiger partial charge >= 0.3 is 0 Å². The molecule has 0 fully saturated rings. The van der Waals surface area contributed by atoms with Gasteiger partial charge in [-0.2, -0.15) is 0 Å². The molecule has 1 aromatic heterocycles. The van der Waals surface area contributed by atoms with Crippen molar-refractivity contribution in [2.45, 2.75) is 0 Å². The summed E-state index contributed by atoms with van der Waals surface area (Å²) >= 11 is 5.67. The molecule has 3 aromatic rings. The van der Waals surface area contributed by atoms with Gasteiger partial charge < -0.3 is 10.3 Å². The Labute approximate surface area is 142 Å². The molecular weight excluding hydrogens is 450 g/mol. The van der Waals surface area contributed by atoms with Gasteiger partial charge in [0.15, 0.2) is 11.6 Å². The molecule has 2 aromatic carbocycles. The summed E-state index contributed by atoms with van der Waals surface area (Å²) in [7, 11) is 0. The molecule has 21 heavy (non-hydrogen) atoms. The lowest BCUT2D eigenvalue weighted by Crippen LogP contribution is -1.90. The van der Waals surface area contributed by atoms with E-state index in [1.54, 1.807) is 12.1 Å². The molecule has 3 rings (SSSR count). The molecule has 0 bridgehead atoms. The first kappa shape index (κ1) is 14.5. The number of nitrogens with zero attached hydrogens (tertiary/aromatic N) is 1. The maximum Gasteiger partial charge on any atom is 0.178 e. The zero-order valence-corrected chi connectivity index (χ0v) is 14.4. The fraction of sp³-hybridized carbons (Fsp3) is 0. The maximum atomic E-state index is 13.1. The third kappa shape index (κ3) is 2.82. The van der Waals surface area contributed by atoms with E-state index >= 15 is 0 Å². The van der Waals surface area contributed by atoms with E-state index in [4.69, 9.17) is 10.3 Å². The van der Waals surface area contributed by atoms with Crippen molar-refractivity contribution in [3.8, 4) is 22.5 Å². The Morgan fingerprint density at radius 2 is 1.86 bits per heavy atom. The first-order chi connectivity index (χ1) is 10.1. The molecule has 0 radical (unpaired) electrons. The number of hydrogen-bond acceptors (Lipinski definition) is 3. The number of benzene rings is 2. The minimum atomic E-state index is -0.299. The SMILES string of the molecule is Nc1noc(-c2cc(Br)ccc2I)c1-c1ccc(F)cc1. The summed E-state index contributed by atoms with van der Waals surface area (Å²) < 4.78 is 20.4. The molecule has 0 amide bonds. The van der Waals surface area contributed by atoms with Crippen LogP contribution in [0.25, 0.3) is 22.5 Å². The molecule has 6 heteroatoms. The molecular formula is C15H9BrFIN2O. The van der Waals surface area contributed by atoms with Crippen LogP contribution >= 0.6 is 38.5 Å². The zero-order chi connectivity index (χ0) is 15.0. The highest BCUT2D eigenvalue weighted by atomic mass is 127. The van der Waals surface area contributed by atoms with Gasteiger partial charge in [-0.3, -0.25) is 0 Å². The summed E-state index contributed by atoms with van der Waals surface area (Å²) in [4.78, 5) is 0. The minimum Gasteiger partial charge on any atom is -0.380 e. The monoisotopic (exact) mass is 458 g/mol. The smallest absolute Gasteiger partial charge is 0.178 e. The summed E-state index contributed by atoms with van der Waals surface area (Å²) in [5, 5.41) is 3.85. The number of hydrogen-bond donors (Lipinski definition) is 1. The topological polar surface area (TPSA) is 52.0 Å². The Morgan fingerprint density at radius 3 is 2.57 bits per heavy atom. The highest BCUT2D eigenvalue weighted by molar-refractivity contribution is 14.1. The fourth-order valence-corrected chi connectivity index (χ4v) is 2.99. The van der Waals surface area contributed by atoms with Crippen molar-refractivity contribution in [2.75, 3.05) is 5.73 Å². The second kappa shape index (κ2) is 5.76. The van der Waals surface area contributed by atoms with Crippen LogP contribution in [0.15, 0.2) is 51.5 Å². The van der Waals surface area contributed by atoms with Crippen molar-refractivity contribution in [3.63, 3.8) is 0 Å². The second-order valence-electron chi connectivity index (χ2n) is 4.40. The van der Waals surface area contributed by atoms with Crippen molar-refractivity contribution < 1.29 is 8.91 Å². The molecule has 0 spiro atoms. The lowest BCUT2D eigenvalue weighted by atomic mass is 10.0. The van der Waals surface area contributed by atoms with E-state index in [-0.39, 0.29) is 11.6 Å². The van der Waals surface area contributed by atoms with Crippen LogP contribution in [0.4, 0.5) is 10.2 Å². The van der Waals surface area contributed by atoms with Gasteiger partial charge in [-0.05, 0) is 58.5 Å². The first-order valence-corrected chi connectivity index (χ1v) is 7.90. The Bertz CT molecular complexity index is 802. The molecule has 0 aliphatic heterocycles. The first-order valence-electron chi connectivity index (χ1n) is 6.03. The van der Waals surface area contributed by atoms with E-state index < -0.39 is 0 Å². The third-order valence-electron chi connectivity index (χ3n) is 3.02. The van der Waals surface area contributed by atoms with Crippen LogP contribution in [0, 0.1) is 9.39 Å². The second-order valence-corrected chi connectivity index (χ2v) is 6.48. The number of rotatable bonds is 2. The van der Waals surface area contributed by atoms with Crippen molar-refractivity contribution >= 4 is 44.3 Å². The van der Waals surface area contributed by atoms with E-state index in [1.807, 2.05) is 18.2 Å². The average Bonchev–Trinajstić information content (AvgIpc) is 2.84. The largest absolute Gasteiger partial charge is 0.380 e. The van der Waals surface area contributed by atoms with Gasteiger partial charge in [0.1, 0.15) is 5.82 Å². The number of nitrogens with two attached hydrogens (primary N) is 1. The van der Waals surface area contributed by atoms with Gasteiger partial charge in [-0.1, -0.05) is 33.2 Å². The van der Waals surface area contributed by atoms with Gasteiger partial charge in [-0.25, -0.2) is 4.39 Å². The van der Waals surface area contributed by atoms with Crippen molar-refractivity contribution in [3.05, 3.63) is 56.3 Å². The summed E-state index contributed by atoms with van der Waals surface area (Å²) in [6.07, 6.45) is 0. The average molecular weight is 459 g/mol. The Kier molecular flexibility index (Phi) is 3.99. The van der Waals surface area contributed by atoms with Gasteiger partial charge in [0, 0.05) is 13.6 Å². The van der Waals surface area contributed by atoms with Crippen molar-refractivity contribution in [1.82, 2.24) is 5.16 Å². The van der Waals surface area contributed by atoms with Gasteiger partial charge in [0.2, 0.25) is 0 Å². The fourth-order valence-electron chi connectivity index (χ4n) is 2.05. The number of nitrogen functional groups attached to an aromatic ring is 1. The standard InChI is InChI=1S/C15H9BrFIN2O/c16-9-3-6-12(18)11(7-9)14-13(15(19)20-21-14)8-1-4-10(17)5-2-8/h1-7H,(H2,19,20). The van der Waals surface area contributed by atoms with Gasteiger partial charge in [0.05, 0.1) is 5.56 Å². The van der Waals surface area contributed by atoms with Crippen LogP contribution in [0.2, 0.25) is 0 Å². The summed E-state index contributed by atoms with van der Waals surface area (Å²) in [5.41, 5.74) is 8.24. The van der Waals surface area contributed by atoms with Crippen LogP contribution < -0.4 is 5.73 Å². The maximum absolute atomic E-state index is 13.1. The quantitative estimate of drug-likeness (QED) is 0.543. The van der Waals surface area contributed by atoms with E-state index in [0.29, 0.717) is 11.3 Å². The number of anilines is 1. The molecule has 1 heterocycles. The molecule has 0 aliphatic carbocycles. The lowest BCUT2D eigenvalue weighted by Gasteiger charge is -2.05. The molecule has 106 valence electrons. The highest BCUT2D eigenvalue weighted by Gasteiger charge is 2.19. The predicted octanol–water partition coefficient (Wildman–Crippen LogP) is 5.10. The Hall–Kier alpha value is -1.41.